The minimum atomic E-state index is -0.824. The average Bonchev–Trinajstić information content (AvgIpc) is 1.69. The van der Waals surface area contributed by atoms with E-state index in [1.807, 2.05) is 67.7 Å². The second-order valence-electron chi connectivity index (χ2n) is 32.6. The van der Waals surface area contributed by atoms with Gasteiger partial charge in [0.25, 0.3) is 59.1 Å². The molecule has 16 amide bonds. The first-order valence-corrected chi connectivity index (χ1v) is 42.3. The van der Waals surface area contributed by atoms with Crippen LogP contribution in [0.2, 0.25) is 0 Å². The number of ether oxygens (including phenoxy) is 2. The van der Waals surface area contributed by atoms with Gasteiger partial charge in [-0.05, 0) is 139 Å². The zero-order valence-corrected chi connectivity index (χ0v) is 74.4. The van der Waals surface area contributed by atoms with Crippen LogP contribution in [0.15, 0.2) is 197 Å². The van der Waals surface area contributed by atoms with Crippen molar-refractivity contribution in [1.82, 2.24) is 111 Å². The molecule has 15 heterocycles. The maximum atomic E-state index is 12.5. The molecule has 6 fully saturated rings. The molecule has 3 aromatic rings. The van der Waals surface area contributed by atoms with E-state index in [0.29, 0.717) is 161 Å². The number of imide groups is 5. The lowest BCUT2D eigenvalue weighted by molar-refractivity contribution is -0.148. The van der Waals surface area contributed by atoms with E-state index in [0.717, 1.165) is 73.7 Å². The number of imidazole rings is 2. The minimum absolute atomic E-state index is 0.000880. The van der Waals surface area contributed by atoms with Gasteiger partial charge in [-0.15, -0.1) is 5.11 Å². The van der Waals surface area contributed by atoms with Gasteiger partial charge >= 0.3 is 0 Å². The normalized spacial score (nSPS) is 22.2. The quantitative estimate of drug-likeness (QED) is 0.0347. The summed E-state index contributed by atoms with van der Waals surface area (Å²) in [7, 11) is 13.4. The summed E-state index contributed by atoms with van der Waals surface area (Å²) in [6, 6.07) is -3.30. The molecule has 45 nitrogen and oxygen atoms in total. The molecule has 702 valence electrons. The van der Waals surface area contributed by atoms with Gasteiger partial charge in [0.2, 0.25) is 41.3 Å². The molecule has 6 atom stereocenters. The summed E-state index contributed by atoms with van der Waals surface area (Å²) in [6.45, 7) is 27.3. The third-order valence-electron chi connectivity index (χ3n) is 21.7. The Labute approximate surface area is 759 Å². The number of amidine groups is 1. The summed E-state index contributed by atoms with van der Waals surface area (Å²) in [5.41, 5.74) is 5.31. The summed E-state index contributed by atoms with van der Waals surface area (Å²) >= 11 is 0. The first-order valence-electron chi connectivity index (χ1n) is 42.3. The standard InChI is InChI=1S/C16H19N5O3.2C15H22N4O3.C14H14N4O4.C14H19N3O4.C13H13N5O3/c1-11-3-4-13(15(23)19-11)21-14(22)9-12(16(21)24)18-5-2-7-20-8-6-17-10-20;1-10-5-6-11(14(21)16-10)19-13(20)9-12(15(19)22)18(4)8-7-17(2)3;1-10-5-6-12(14(21)17-10)19-13(20)9-11(15(19)22)16-7-4-8-18(2)3;1-8-2-3-10(13(20)17-8)18-12(19)4-11(14(18)21)22-6-9-5-15-7-16-9;1-9-4-5-10(13(19)15-9)17-12(18)8-11(14(17)20)21-7-6-16(2)3;1-7-2-3-9(12(20)15-7)18-11(19)6-8(13(18)21)16-10-4-5-14-17-10/h6,8-10,13,18H,1-5,7H2,(H,19,23);9,11H,1,5-8H2,2-4H3,(H,16,21);9,12,16H,1,4-8H2,2-3H3,(H,17,21);4-5,7,10H,1-3,6H2,(H,15,16)(H,17,20);8,10H,1,4-7H2,2-3H3,(H,15,19);4-6,9,19,21H,1-3H2,(H,15,20). The van der Waals surface area contributed by atoms with Crippen LogP contribution >= 0.6 is 0 Å². The van der Waals surface area contributed by atoms with Gasteiger partial charge in [-0.3, -0.25) is 106 Å². The molecular formula is C87H109N25O20. The van der Waals surface area contributed by atoms with E-state index in [1.165, 1.54) is 36.8 Å². The van der Waals surface area contributed by atoms with Crippen LogP contribution in [0, 0.1) is 0 Å². The number of H-pyrrole nitrogens is 1. The summed E-state index contributed by atoms with van der Waals surface area (Å²) in [5, 5.41) is 49.0. The highest BCUT2D eigenvalue weighted by Gasteiger charge is 2.48. The summed E-state index contributed by atoms with van der Waals surface area (Å²) in [6.07, 6.45) is 24.9. The predicted octanol–water partition coefficient (Wildman–Crippen LogP) is 0.460. The number of piperidine rings is 6. The Bertz CT molecular complexity index is 5380. The van der Waals surface area contributed by atoms with E-state index in [9.17, 15) is 86.9 Å². The van der Waals surface area contributed by atoms with Gasteiger partial charge < -0.3 is 91.4 Å². The van der Waals surface area contributed by atoms with Crippen LogP contribution < -0.4 is 42.5 Å². The molecule has 45 heteroatoms. The van der Waals surface area contributed by atoms with Crippen LogP contribution in [0.5, 0.6) is 11.8 Å². The molecule has 0 saturated carbocycles. The molecule has 12 aliphatic heterocycles. The molecule has 0 spiro atoms. The van der Waals surface area contributed by atoms with Crippen molar-refractivity contribution in [2.24, 2.45) is 15.2 Å². The Hall–Kier alpha value is -15.2. The minimum Gasteiger partial charge on any atom is -0.494 e. The number of azo groups is 1. The number of nitrogens with one attached hydrogen (secondary N) is 9. The number of amides is 16. The number of hydrogen-bond acceptors (Lipinski definition) is 30. The molecule has 6 saturated heterocycles. The Balaban J connectivity index is 0.000000164. The van der Waals surface area contributed by atoms with Crippen molar-refractivity contribution in [3.8, 4) is 11.8 Å². The van der Waals surface area contributed by atoms with E-state index in [4.69, 9.17) is 9.47 Å². The van der Waals surface area contributed by atoms with Gasteiger partial charge in [0.15, 0.2) is 23.2 Å². The van der Waals surface area contributed by atoms with Gasteiger partial charge in [0.05, 0.1) is 42.9 Å². The van der Waals surface area contributed by atoms with Crippen LogP contribution in [0.4, 0.5) is 5.69 Å². The Kier molecular flexibility index (Phi) is 33.9. The monoisotopic (exact) mass is 1820 g/mol. The van der Waals surface area contributed by atoms with Crippen LogP contribution in [0.3, 0.4) is 0 Å². The Morgan fingerprint density at radius 3 is 1.29 bits per heavy atom. The van der Waals surface area contributed by atoms with Crippen LogP contribution in [-0.2, 0) is 99.3 Å². The number of likely N-dealkylation sites (N-methyl/N-ethyl adjacent to an activating group) is 3. The van der Waals surface area contributed by atoms with Crippen molar-refractivity contribution in [3.63, 3.8) is 0 Å². The van der Waals surface area contributed by atoms with E-state index in [1.54, 1.807) is 36.7 Å². The lowest BCUT2D eigenvalue weighted by Crippen LogP contribution is -2.52. The molecule has 15 rings (SSSR count). The molecule has 132 heavy (non-hydrogen) atoms. The van der Waals surface area contributed by atoms with Gasteiger partial charge in [0, 0.05) is 123 Å². The average molecular weight is 1820 g/mol. The van der Waals surface area contributed by atoms with E-state index >= 15 is 0 Å². The third-order valence-corrected chi connectivity index (χ3v) is 21.7. The van der Waals surface area contributed by atoms with Crippen LogP contribution in [0.25, 0.3) is 0 Å². The lowest BCUT2D eigenvalue weighted by atomic mass is 10.0. The van der Waals surface area contributed by atoms with Crippen molar-refractivity contribution >= 4 is 106 Å². The highest BCUT2D eigenvalue weighted by molar-refractivity contribution is 6.21. The summed E-state index contributed by atoms with van der Waals surface area (Å²) in [5.74, 6) is -7.25. The molecule has 0 aliphatic carbocycles. The van der Waals surface area contributed by atoms with Crippen LogP contribution in [-0.4, -0.2) is 304 Å². The number of aromatic hydroxyl groups is 2. The third kappa shape index (κ3) is 25.5. The number of nitrogens with zero attached hydrogens (tertiary/aromatic N) is 16. The summed E-state index contributed by atoms with van der Waals surface area (Å²) < 4.78 is 13.8. The Morgan fingerprint density at radius 1 is 0.477 bits per heavy atom. The molecule has 6 unspecified atom stereocenters. The second kappa shape index (κ2) is 45.2. The molecule has 3 aromatic heterocycles. The second-order valence-corrected chi connectivity index (χ2v) is 32.6. The number of carbonyl (C=O) groups is 16. The maximum Gasteiger partial charge on any atom is 0.296 e. The fraction of sp³-hybridized carbons (Fsp3) is 0.414. The zero-order chi connectivity index (χ0) is 96.1. The highest BCUT2D eigenvalue weighted by Crippen LogP contribution is 2.41. The number of aliphatic imine (C=N–C) groups is 1. The van der Waals surface area contributed by atoms with E-state index in [-0.39, 0.29) is 76.5 Å². The fourth-order valence-corrected chi connectivity index (χ4v) is 14.8. The molecule has 0 bridgehead atoms. The van der Waals surface area contributed by atoms with Crippen molar-refractivity contribution in [2.75, 3.05) is 95.2 Å². The van der Waals surface area contributed by atoms with Crippen molar-refractivity contribution < 1.29 is 96.4 Å². The summed E-state index contributed by atoms with van der Waals surface area (Å²) in [4.78, 5) is 221. The predicted molar refractivity (Wildman–Crippen MR) is 471 cm³/mol. The molecule has 11 N–H and O–H groups in total. The number of rotatable bonds is 28. The molecule has 12 aliphatic rings. The lowest BCUT2D eigenvalue weighted by Gasteiger charge is -2.30. The topological polar surface area (TPSA) is 546 Å². The smallest absolute Gasteiger partial charge is 0.296 e. The van der Waals surface area contributed by atoms with Crippen molar-refractivity contribution in [3.05, 3.63) is 188 Å². The zero-order valence-electron chi connectivity index (χ0n) is 74.4. The van der Waals surface area contributed by atoms with Gasteiger partial charge in [0.1, 0.15) is 72.2 Å². The van der Waals surface area contributed by atoms with E-state index in [2.05, 4.69) is 112 Å². The van der Waals surface area contributed by atoms with Crippen molar-refractivity contribution in [1.29, 1.82) is 0 Å². The fourth-order valence-electron chi connectivity index (χ4n) is 14.8. The van der Waals surface area contributed by atoms with Crippen molar-refractivity contribution in [2.45, 2.75) is 139 Å². The maximum absolute atomic E-state index is 12.5. The molecule has 0 aromatic carbocycles. The first-order chi connectivity index (χ1) is 62.8. The highest BCUT2D eigenvalue weighted by atomic mass is 16.5. The number of aryl methyl sites for hydroxylation is 1. The molecule has 0 radical (unpaired) electrons. The number of hydrogen-bond donors (Lipinski definition) is 11. The van der Waals surface area contributed by atoms with Gasteiger partial charge in [-0.25, -0.2) is 15.0 Å². The van der Waals surface area contributed by atoms with E-state index < -0.39 is 101 Å². The molecular weight excluding hydrogens is 1720 g/mol. The number of allylic oxidation sites excluding steroid dienone is 6. The first kappa shape index (κ1) is 99.0. The van der Waals surface area contributed by atoms with Gasteiger partial charge in [-0.1, -0.05) is 39.5 Å². The number of aromatic nitrogens is 5. The number of carbonyl (C=O) groups excluding carboxylic acids is 16. The Morgan fingerprint density at radius 2 is 0.886 bits per heavy atom. The largest absolute Gasteiger partial charge is 0.494 e. The number of aromatic amines is 1. The van der Waals surface area contributed by atoms with Gasteiger partial charge in [-0.2, -0.15) is 5.11 Å². The SMILES string of the molecule is C=C1CCC(N2C(=O)C=C(N(C)CCN(C)C)C2=O)C(=O)N1.C=C1CCC(N2C(=O)C=C(NCCCN(C)C)C2=O)C(=O)N1.C=C1CCC(N2C(=O)C=C(NCCCn3ccnc3)C2=O)C(=O)N1.C=C1CCC(N2C(=O)C=C(OCCN(C)C)C2=O)C(=O)N1.C=C1CCC(N2C(=O)C=C(OCc3cnc[nH]3)C2=O)C(=O)N1.C=C1CCC(n2c(O)cc(N=C3C=CN=N3)c2O)C(=O)N1. The van der Waals surface area contributed by atoms with Crippen LogP contribution in [0.1, 0.15) is 102 Å².